The summed E-state index contributed by atoms with van der Waals surface area (Å²) in [5, 5.41) is 2.87. The van der Waals surface area contributed by atoms with Gasteiger partial charge in [0.05, 0.1) is 10.5 Å². The lowest BCUT2D eigenvalue weighted by Crippen LogP contribution is -2.37. The fourth-order valence-electron chi connectivity index (χ4n) is 3.06. The summed E-state index contributed by atoms with van der Waals surface area (Å²) in [6.07, 6.45) is 3.72. The van der Waals surface area contributed by atoms with Gasteiger partial charge < -0.3 is 14.8 Å². The maximum Gasteiger partial charge on any atom is 0.266 e. The zero-order valence-corrected chi connectivity index (χ0v) is 18.5. The van der Waals surface area contributed by atoms with E-state index in [1.807, 2.05) is 42.7 Å². The zero-order valence-electron chi connectivity index (χ0n) is 16.0. The minimum absolute atomic E-state index is 0.165. The number of hydrogen-bond acceptors (Lipinski definition) is 7. The monoisotopic (exact) mass is 458 g/mol. The number of ether oxygens (including phenoxy) is 2. The molecule has 2 aromatic carbocycles. The SMILES string of the molecule is CSc1ccccc1C(=O)NCCN1C(=O)C(=Cc2ccc3c(c2)OCO3)SC1=S. The van der Waals surface area contributed by atoms with Gasteiger partial charge in [-0.15, -0.1) is 11.8 Å². The average Bonchev–Trinajstić information content (AvgIpc) is 3.32. The van der Waals surface area contributed by atoms with Crippen LogP contribution in [0.2, 0.25) is 0 Å². The smallest absolute Gasteiger partial charge is 0.266 e. The summed E-state index contributed by atoms with van der Waals surface area (Å²) in [4.78, 5) is 28.2. The van der Waals surface area contributed by atoms with Crippen molar-refractivity contribution < 1.29 is 19.1 Å². The van der Waals surface area contributed by atoms with Crippen LogP contribution in [0.5, 0.6) is 11.5 Å². The number of benzene rings is 2. The predicted octanol–water partition coefficient (Wildman–Crippen LogP) is 3.77. The van der Waals surface area contributed by atoms with Crippen molar-refractivity contribution in [1.29, 1.82) is 0 Å². The third kappa shape index (κ3) is 4.33. The first-order valence-corrected chi connectivity index (χ1v) is 11.6. The number of thioether (sulfide) groups is 2. The summed E-state index contributed by atoms with van der Waals surface area (Å²) in [6.45, 7) is 0.829. The van der Waals surface area contributed by atoms with Crippen LogP contribution in [0.3, 0.4) is 0 Å². The van der Waals surface area contributed by atoms with E-state index in [1.54, 1.807) is 12.1 Å². The number of carbonyl (C=O) groups is 2. The second-order valence-electron chi connectivity index (χ2n) is 6.40. The molecule has 0 atom stereocenters. The van der Waals surface area contributed by atoms with Gasteiger partial charge in [0, 0.05) is 18.0 Å². The summed E-state index contributed by atoms with van der Waals surface area (Å²) >= 11 is 8.14. The molecule has 1 fully saturated rings. The Kier molecular flexibility index (Phi) is 6.31. The summed E-state index contributed by atoms with van der Waals surface area (Å²) < 4.78 is 11.2. The molecule has 9 heteroatoms. The van der Waals surface area contributed by atoms with E-state index in [1.165, 1.54) is 28.4 Å². The fraction of sp³-hybridized carbons (Fsp3) is 0.190. The van der Waals surface area contributed by atoms with Crippen LogP contribution >= 0.6 is 35.7 Å². The number of thiocarbonyl (C=S) groups is 1. The fourth-order valence-corrected chi connectivity index (χ4v) is 4.96. The Labute approximate surface area is 188 Å². The second kappa shape index (κ2) is 9.11. The number of rotatable bonds is 6. The van der Waals surface area contributed by atoms with Crippen molar-refractivity contribution in [3.05, 3.63) is 58.5 Å². The van der Waals surface area contributed by atoms with Gasteiger partial charge in [0.2, 0.25) is 6.79 Å². The molecule has 6 nitrogen and oxygen atoms in total. The average molecular weight is 459 g/mol. The minimum atomic E-state index is -0.165. The van der Waals surface area contributed by atoms with E-state index < -0.39 is 0 Å². The first-order valence-electron chi connectivity index (χ1n) is 9.13. The van der Waals surface area contributed by atoms with Crippen LogP contribution < -0.4 is 14.8 Å². The Bertz CT molecular complexity index is 1050. The highest BCUT2D eigenvalue weighted by Gasteiger charge is 2.31. The zero-order chi connectivity index (χ0) is 21.1. The second-order valence-corrected chi connectivity index (χ2v) is 8.93. The van der Waals surface area contributed by atoms with E-state index in [2.05, 4.69) is 5.32 Å². The molecule has 0 bridgehead atoms. The van der Waals surface area contributed by atoms with Crippen molar-refractivity contribution in [3.63, 3.8) is 0 Å². The number of amides is 2. The third-order valence-electron chi connectivity index (χ3n) is 4.54. The Morgan fingerprint density at radius 1 is 1.27 bits per heavy atom. The molecule has 2 aliphatic heterocycles. The molecule has 0 aliphatic carbocycles. The van der Waals surface area contributed by atoms with E-state index in [0.717, 1.165) is 10.5 Å². The summed E-state index contributed by atoms with van der Waals surface area (Å²) in [7, 11) is 0. The Balaban J connectivity index is 1.38. The number of nitrogens with one attached hydrogen (secondary N) is 1. The van der Waals surface area contributed by atoms with E-state index >= 15 is 0 Å². The topological polar surface area (TPSA) is 67.9 Å². The number of hydrogen-bond donors (Lipinski definition) is 1. The van der Waals surface area contributed by atoms with Crippen molar-refractivity contribution in [1.82, 2.24) is 10.2 Å². The molecule has 0 unspecified atom stereocenters. The Morgan fingerprint density at radius 2 is 2.07 bits per heavy atom. The maximum atomic E-state index is 12.8. The highest BCUT2D eigenvalue weighted by atomic mass is 32.2. The van der Waals surface area contributed by atoms with E-state index in [9.17, 15) is 9.59 Å². The van der Waals surface area contributed by atoms with Crippen molar-refractivity contribution >= 4 is 58.0 Å². The van der Waals surface area contributed by atoms with Crippen LogP contribution in [0, 0.1) is 0 Å². The van der Waals surface area contributed by atoms with Crippen LogP contribution in [0.25, 0.3) is 6.08 Å². The van der Waals surface area contributed by atoms with Gasteiger partial charge in [0.1, 0.15) is 4.32 Å². The highest BCUT2D eigenvalue weighted by Crippen LogP contribution is 2.36. The molecule has 0 saturated carbocycles. The maximum absolute atomic E-state index is 12.8. The number of carbonyl (C=O) groups excluding carboxylic acids is 2. The Morgan fingerprint density at radius 3 is 2.90 bits per heavy atom. The van der Waals surface area contributed by atoms with Crippen LogP contribution in [-0.2, 0) is 4.79 Å². The normalized spacial score (nSPS) is 16.4. The number of nitrogens with zero attached hydrogens (tertiary/aromatic N) is 1. The molecular formula is C21H18N2O4S3. The molecule has 30 heavy (non-hydrogen) atoms. The van der Waals surface area contributed by atoms with Crippen molar-refractivity contribution in [3.8, 4) is 11.5 Å². The van der Waals surface area contributed by atoms with Gasteiger partial charge in [0.15, 0.2) is 11.5 Å². The summed E-state index contributed by atoms with van der Waals surface area (Å²) in [6, 6.07) is 12.9. The van der Waals surface area contributed by atoms with Crippen LogP contribution in [0.4, 0.5) is 0 Å². The molecule has 1 saturated heterocycles. The quantitative estimate of drug-likeness (QED) is 0.402. The van der Waals surface area contributed by atoms with Gasteiger partial charge in [-0.2, -0.15) is 0 Å². The lowest BCUT2D eigenvalue weighted by molar-refractivity contribution is -0.122. The first-order chi connectivity index (χ1) is 14.6. The van der Waals surface area contributed by atoms with E-state index in [-0.39, 0.29) is 18.6 Å². The van der Waals surface area contributed by atoms with Crippen LogP contribution in [-0.4, -0.2) is 47.2 Å². The minimum Gasteiger partial charge on any atom is -0.454 e. The summed E-state index contributed by atoms with van der Waals surface area (Å²) in [5.41, 5.74) is 1.46. The molecule has 0 radical (unpaired) electrons. The lowest BCUT2D eigenvalue weighted by atomic mass is 10.2. The molecule has 2 heterocycles. The van der Waals surface area contributed by atoms with E-state index in [0.29, 0.717) is 39.4 Å². The van der Waals surface area contributed by atoms with Crippen molar-refractivity contribution in [2.24, 2.45) is 0 Å². The van der Waals surface area contributed by atoms with Gasteiger partial charge in [-0.3, -0.25) is 14.5 Å². The molecule has 2 aliphatic rings. The summed E-state index contributed by atoms with van der Waals surface area (Å²) in [5.74, 6) is 1.02. The molecule has 0 spiro atoms. The third-order valence-corrected chi connectivity index (χ3v) is 6.71. The molecule has 154 valence electrons. The molecule has 2 amide bonds. The molecule has 4 rings (SSSR count). The molecule has 1 N–H and O–H groups in total. The Hall–Kier alpha value is -2.49. The van der Waals surface area contributed by atoms with Gasteiger partial charge in [-0.25, -0.2) is 0 Å². The van der Waals surface area contributed by atoms with Gasteiger partial charge in [-0.1, -0.05) is 42.2 Å². The van der Waals surface area contributed by atoms with Gasteiger partial charge in [0.25, 0.3) is 11.8 Å². The largest absolute Gasteiger partial charge is 0.454 e. The lowest BCUT2D eigenvalue weighted by Gasteiger charge is -2.15. The molecule has 2 aromatic rings. The molecule has 0 aromatic heterocycles. The highest BCUT2D eigenvalue weighted by molar-refractivity contribution is 8.26. The van der Waals surface area contributed by atoms with Crippen LogP contribution in [0.1, 0.15) is 15.9 Å². The first kappa shape index (κ1) is 20.8. The van der Waals surface area contributed by atoms with Gasteiger partial charge >= 0.3 is 0 Å². The number of fused-ring (bicyclic) bond motifs is 1. The van der Waals surface area contributed by atoms with Gasteiger partial charge in [-0.05, 0) is 42.2 Å². The van der Waals surface area contributed by atoms with E-state index in [4.69, 9.17) is 21.7 Å². The van der Waals surface area contributed by atoms with Crippen molar-refractivity contribution in [2.45, 2.75) is 4.90 Å². The molecular weight excluding hydrogens is 440 g/mol. The van der Waals surface area contributed by atoms with Crippen molar-refractivity contribution in [2.75, 3.05) is 26.1 Å². The van der Waals surface area contributed by atoms with Crippen LogP contribution in [0.15, 0.2) is 52.3 Å². The predicted molar refractivity (Wildman–Crippen MR) is 123 cm³/mol. The standard InChI is InChI=1S/C21H18N2O4S3/c1-29-17-5-3-2-4-14(17)19(24)22-8-9-23-20(25)18(30-21(23)28)11-13-6-7-15-16(10-13)27-12-26-15/h2-7,10-11H,8-9,12H2,1H3,(H,22,24).